The molecular weight excluding hydrogens is 446 g/mol. The van der Waals surface area contributed by atoms with Gasteiger partial charge in [-0.05, 0) is 62.9 Å². The first-order chi connectivity index (χ1) is 15.4. The van der Waals surface area contributed by atoms with E-state index < -0.39 is 33.4 Å². The lowest BCUT2D eigenvalue weighted by atomic mass is 10.0. The van der Waals surface area contributed by atoms with Gasteiger partial charge in [0, 0.05) is 5.39 Å². The quantitative estimate of drug-likeness (QED) is 0.412. The lowest BCUT2D eigenvalue weighted by molar-refractivity contribution is -0.123. The van der Waals surface area contributed by atoms with Gasteiger partial charge in [0.05, 0.1) is 16.3 Å². The van der Waals surface area contributed by atoms with Crippen molar-refractivity contribution in [3.8, 4) is 0 Å². The smallest absolute Gasteiger partial charge is 0.271 e. The zero-order chi connectivity index (χ0) is 24.5. The molecule has 33 heavy (non-hydrogen) atoms. The largest absolute Gasteiger partial charge is 0.290 e. The number of H-pyrrole nitrogens is 1. The summed E-state index contributed by atoms with van der Waals surface area (Å²) in [6, 6.07) is 7.11. The van der Waals surface area contributed by atoms with Gasteiger partial charge in [0.15, 0.2) is 5.69 Å². The number of amides is 2. The van der Waals surface area contributed by atoms with E-state index >= 15 is 0 Å². The van der Waals surface area contributed by atoms with Gasteiger partial charge in [-0.15, -0.1) is 0 Å². The third-order valence-electron chi connectivity index (χ3n) is 5.50. The van der Waals surface area contributed by atoms with E-state index in [-0.39, 0.29) is 16.0 Å². The van der Waals surface area contributed by atoms with Crippen LogP contribution in [-0.2, 0) is 14.8 Å². The predicted molar refractivity (Wildman–Crippen MR) is 123 cm³/mol. The third kappa shape index (κ3) is 4.78. The Hall–Kier alpha value is -3.57. The Morgan fingerprint density at radius 2 is 1.55 bits per heavy atom. The van der Waals surface area contributed by atoms with Gasteiger partial charge in [0.2, 0.25) is 10.0 Å². The number of hydrazine groups is 1. The van der Waals surface area contributed by atoms with E-state index in [1.165, 1.54) is 6.92 Å². The third-order valence-corrected chi connectivity index (χ3v) is 7.32. The number of carbonyl (C=O) groups excluding carboxylic acids is 2. The Balaban J connectivity index is 1.74. The van der Waals surface area contributed by atoms with E-state index in [1.807, 2.05) is 19.9 Å². The fraction of sp³-hybridized carbons (Fsp3) is 0.273. The molecule has 1 atom stereocenters. The van der Waals surface area contributed by atoms with Crippen molar-refractivity contribution in [3.05, 3.63) is 68.6 Å². The normalized spacial score (nSPS) is 12.4. The number of fused-ring (bicyclic) bond motifs is 1. The van der Waals surface area contributed by atoms with Crippen LogP contribution in [0.2, 0.25) is 0 Å². The summed E-state index contributed by atoms with van der Waals surface area (Å²) in [7, 11) is -4.01. The van der Waals surface area contributed by atoms with E-state index in [2.05, 4.69) is 25.8 Å². The topological polar surface area (TPSA) is 150 Å². The van der Waals surface area contributed by atoms with Gasteiger partial charge in [-0.3, -0.25) is 25.2 Å². The Bertz CT molecular complexity index is 1400. The molecular formula is C22H25N5O5S. The van der Waals surface area contributed by atoms with Gasteiger partial charge in [-0.2, -0.15) is 9.82 Å². The zero-order valence-electron chi connectivity index (χ0n) is 18.9. The Morgan fingerprint density at radius 1 is 0.970 bits per heavy atom. The summed E-state index contributed by atoms with van der Waals surface area (Å²) >= 11 is 0. The molecule has 11 heteroatoms. The van der Waals surface area contributed by atoms with Crippen molar-refractivity contribution in [1.29, 1.82) is 0 Å². The highest BCUT2D eigenvalue weighted by Gasteiger charge is 2.27. The van der Waals surface area contributed by atoms with Gasteiger partial charge >= 0.3 is 0 Å². The molecule has 1 heterocycles. The summed E-state index contributed by atoms with van der Waals surface area (Å²) in [6.07, 6.45) is 0. The summed E-state index contributed by atoms with van der Waals surface area (Å²) in [5.74, 6) is -1.55. The van der Waals surface area contributed by atoms with Crippen LogP contribution >= 0.6 is 0 Å². The highest BCUT2D eigenvalue weighted by molar-refractivity contribution is 7.89. The first kappa shape index (κ1) is 24.1. The fourth-order valence-corrected chi connectivity index (χ4v) is 5.32. The SMILES string of the molecule is Cc1cc(C)c(C)c(S(=O)(=O)N[C@@H](C)C(=O)NNC(=O)c2n[nH]c(=O)c3ccccc23)c1C. The molecule has 10 nitrogen and oxygen atoms in total. The molecule has 1 aromatic heterocycles. The highest BCUT2D eigenvalue weighted by Crippen LogP contribution is 2.26. The van der Waals surface area contributed by atoms with Crippen molar-refractivity contribution in [2.45, 2.75) is 45.6 Å². The van der Waals surface area contributed by atoms with Crippen molar-refractivity contribution in [3.63, 3.8) is 0 Å². The molecule has 0 aliphatic heterocycles. The Labute approximate surface area is 190 Å². The van der Waals surface area contributed by atoms with Crippen LogP contribution in [0.15, 0.2) is 40.0 Å². The molecule has 0 aliphatic rings. The summed E-state index contributed by atoms with van der Waals surface area (Å²) < 4.78 is 28.4. The number of hydrogen-bond donors (Lipinski definition) is 4. The lowest BCUT2D eigenvalue weighted by Crippen LogP contribution is -2.51. The van der Waals surface area contributed by atoms with Crippen molar-refractivity contribution in [2.75, 3.05) is 0 Å². The number of nitrogens with one attached hydrogen (secondary N) is 4. The Kier molecular flexibility index (Phi) is 6.65. The van der Waals surface area contributed by atoms with Crippen molar-refractivity contribution in [1.82, 2.24) is 25.8 Å². The van der Waals surface area contributed by atoms with Crippen molar-refractivity contribution < 1.29 is 18.0 Å². The molecule has 0 aliphatic carbocycles. The first-order valence-corrected chi connectivity index (χ1v) is 11.6. The molecule has 4 N–H and O–H groups in total. The minimum Gasteiger partial charge on any atom is -0.271 e. The number of rotatable bonds is 5. The average Bonchev–Trinajstić information content (AvgIpc) is 2.76. The van der Waals surface area contributed by atoms with Gasteiger partial charge in [0.25, 0.3) is 17.4 Å². The Morgan fingerprint density at radius 3 is 2.15 bits per heavy atom. The van der Waals surface area contributed by atoms with Crippen LogP contribution in [0.4, 0.5) is 0 Å². The van der Waals surface area contributed by atoms with Gasteiger partial charge in [0.1, 0.15) is 0 Å². The van der Waals surface area contributed by atoms with Gasteiger partial charge < -0.3 is 0 Å². The van der Waals surface area contributed by atoms with Crippen molar-refractivity contribution in [2.24, 2.45) is 0 Å². The summed E-state index contributed by atoms with van der Waals surface area (Å²) in [4.78, 5) is 37.0. The molecule has 0 saturated carbocycles. The van der Waals surface area contributed by atoms with Crippen LogP contribution in [0.5, 0.6) is 0 Å². The molecule has 0 saturated heterocycles. The minimum absolute atomic E-state index is 0.0970. The van der Waals surface area contributed by atoms with E-state index in [9.17, 15) is 22.8 Å². The van der Waals surface area contributed by atoms with Crippen LogP contribution in [-0.4, -0.2) is 36.5 Å². The molecule has 0 spiro atoms. The van der Waals surface area contributed by atoms with E-state index in [4.69, 9.17) is 0 Å². The summed E-state index contributed by atoms with van der Waals surface area (Å²) in [6.45, 7) is 8.42. The van der Waals surface area contributed by atoms with E-state index in [0.29, 0.717) is 16.5 Å². The molecule has 3 rings (SSSR count). The number of aryl methyl sites for hydroxylation is 2. The summed E-state index contributed by atoms with van der Waals surface area (Å²) in [5, 5.41) is 6.56. The first-order valence-electron chi connectivity index (χ1n) is 10.1. The number of sulfonamides is 1. The second kappa shape index (κ2) is 9.12. The van der Waals surface area contributed by atoms with Crippen LogP contribution in [0, 0.1) is 27.7 Å². The van der Waals surface area contributed by atoms with Crippen LogP contribution in [0.1, 0.15) is 39.7 Å². The zero-order valence-corrected chi connectivity index (χ0v) is 19.7. The average molecular weight is 472 g/mol. The standard InChI is InChI=1S/C22H25N5O5S/c1-11-10-12(2)14(4)19(13(11)3)33(31,32)27-15(5)20(28)24-26-22(30)18-16-8-6-7-9-17(16)21(29)25-23-18/h6-10,15,27H,1-5H3,(H,24,28)(H,25,29)(H,26,30)/t15-/m0/s1. The second-order valence-corrected chi connectivity index (χ2v) is 9.47. The molecule has 2 aromatic carbocycles. The lowest BCUT2D eigenvalue weighted by Gasteiger charge is -2.19. The number of aromatic nitrogens is 2. The van der Waals surface area contributed by atoms with E-state index in [1.54, 1.807) is 38.1 Å². The predicted octanol–water partition coefficient (Wildman–Crippen LogP) is 1.28. The maximum atomic E-state index is 13.0. The molecule has 3 aromatic rings. The number of carbonyl (C=O) groups is 2. The number of benzene rings is 2. The van der Waals surface area contributed by atoms with E-state index in [0.717, 1.165) is 11.1 Å². The molecule has 0 fully saturated rings. The fourth-order valence-electron chi connectivity index (χ4n) is 3.50. The van der Waals surface area contributed by atoms with Crippen LogP contribution in [0.3, 0.4) is 0 Å². The number of nitrogens with zero attached hydrogens (tertiary/aromatic N) is 1. The maximum Gasteiger partial charge on any atom is 0.290 e. The number of aromatic amines is 1. The minimum atomic E-state index is -4.01. The van der Waals surface area contributed by atoms with Gasteiger partial charge in [-0.1, -0.05) is 24.3 Å². The molecule has 0 radical (unpaired) electrons. The van der Waals surface area contributed by atoms with Crippen LogP contribution < -0.4 is 21.1 Å². The van der Waals surface area contributed by atoms with Gasteiger partial charge in [-0.25, -0.2) is 13.5 Å². The van der Waals surface area contributed by atoms with Crippen LogP contribution in [0.25, 0.3) is 10.8 Å². The van der Waals surface area contributed by atoms with Crippen molar-refractivity contribution >= 4 is 32.6 Å². The molecule has 2 amide bonds. The second-order valence-electron chi connectivity index (χ2n) is 7.82. The molecule has 174 valence electrons. The highest BCUT2D eigenvalue weighted by atomic mass is 32.2. The summed E-state index contributed by atoms with van der Waals surface area (Å²) in [5.41, 5.74) is 6.68. The monoisotopic (exact) mass is 471 g/mol. The molecule has 0 unspecified atom stereocenters. The molecule has 0 bridgehead atoms. The number of hydrogen-bond acceptors (Lipinski definition) is 6. The maximum absolute atomic E-state index is 13.0.